The second kappa shape index (κ2) is 26.5. The summed E-state index contributed by atoms with van der Waals surface area (Å²) in [5, 5.41) is 14.7. The van der Waals surface area contributed by atoms with Crippen LogP contribution in [0.25, 0.3) is 22.5 Å². The molecule has 6 rings (SSSR count). The molecule has 4 aromatic rings. The predicted octanol–water partition coefficient (Wildman–Crippen LogP) is 6.16. The van der Waals surface area contributed by atoms with E-state index in [1.807, 2.05) is 36.4 Å². The van der Waals surface area contributed by atoms with E-state index in [9.17, 15) is 29.2 Å². The first-order valence-electron chi connectivity index (χ1n) is 25.2. The van der Waals surface area contributed by atoms with E-state index >= 15 is 4.79 Å². The van der Waals surface area contributed by atoms with Crippen LogP contribution < -0.4 is 42.0 Å². The number of carbonyl (C=O) groups excluding carboxylic acids is 6. The van der Waals surface area contributed by atoms with Crippen molar-refractivity contribution in [3.8, 4) is 45.8 Å². The summed E-state index contributed by atoms with van der Waals surface area (Å²) in [7, 11) is 1.48. The van der Waals surface area contributed by atoms with Gasteiger partial charge in [-0.2, -0.15) is 5.26 Å². The molecule has 1 aromatic heterocycles. The molecule has 388 valence electrons. The molecule has 0 spiro atoms. The van der Waals surface area contributed by atoms with Crippen molar-refractivity contribution in [1.82, 2.24) is 25.5 Å². The van der Waals surface area contributed by atoms with Gasteiger partial charge in [0.2, 0.25) is 11.8 Å². The first-order chi connectivity index (χ1) is 35.1. The van der Waals surface area contributed by atoms with Crippen molar-refractivity contribution in [1.29, 1.82) is 5.26 Å². The Kier molecular flexibility index (Phi) is 20.0. The van der Waals surface area contributed by atoms with Crippen LogP contribution in [0.5, 0.6) is 17.2 Å². The van der Waals surface area contributed by atoms with Crippen LogP contribution in [0.3, 0.4) is 0 Å². The van der Waals surface area contributed by atoms with E-state index in [1.165, 1.54) is 18.4 Å². The smallest absolute Gasteiger partial charge is 0.312 e. The number of urea groups is 1. The number of carbonyl (C=O) groups is 6. The number of nitrogens with two attached hydrogens (primary N) is 3. The lowest BCUT2D eigenvalue weighted by atomic mass is 9.87. The van der Waals surface area contributed by atoms with Crippen molar-refractivity contribution < 1.29 is 43.0 Å². The normalized spacial score (nSPS) is 17.5. The molecule has 1 fully saturated rings. The maximum absolute atomic E-state index is 15.1. The molecule has 4 atom stereocenters. The standard InChI is InChI=1S/C55H69N9O9/c1-33-28-47(67)51(38-17-21-49(72-27-24-58)43(31-38)42-29-36(14-20-48(42)71-26-23-57)30-44(63-53(33)68)45(65)13-8-22-56)64(4)54(69)39(10-9-25-60-55(59)70)32-46(66)50-34(2)61-52(62-35(50)3)37-15-18-41(19-16-37)73-40-11-6-5-7-12-40/h14-21,29,31,33,39-40,44,51H,5-13,23-28,30,32,57-58H2,1-4H3,(H,63,68)(H3,59,60,70)/t33-,39-,44+,51+/m1/s1. The number of Topliss-reactive ketones (excluding diaryl/α,β-unsaturated/α-hetero) is 3. The van der Waals surface area contributed by atoms with Crippen molar-refractivity contribution in [3.63, 3.8) is 0 Å². The van der Waals surface area contributed by atoms with E-state index in [0.29, 0.717) is 51.0 Å². The largest absolute Gasteiger partial charge is 0.492 e. The fourth-order valence-electron chi connectivity index (χ4n) is 9.63. The van der Waals surface area contributed by atoms with Gasteiger partial charge in [0.25, 0.3) is 0 Å². The Morgan fingerprint density at radius 3 is 2.16 bits per heavy atom. The maximum Gasteiger partial charge on any atom is 0.312 e. The molecule has 2 heterocycles. The van der Waals surface area contributed by atoms with Gasteiger partial charge in [-0.15, -0.1) is 0 Å². The molecule has 1 aliphatic heterocycles. The summed E-state index contributed by atoms with van der Waals surface area (Å²) in [6.45, 7) is 5.82. The van der Waals surface area contributed by atoms with Crippen LogP contribution in [0.15, 0.2) is 60.7 Å². The summed E-state index contributed by atoms with van der Waals surface area (Å²) < 4.78 is 18.5. The van der Waals surface area contributed by atoms with Crippen LogP contribution in [-0.2, 0) is 25.6 Å². The summed E-state index contributed by atoms with van der Waals surface area (Å²) in [5.41, 5.74) is 21.0. The molecule has 18 heteroatoms. The zero-order chi connectivity index (χ0) is 52.6. The molecule has 2 aliphatic rings. The fourth-order valence-corrected chi connectivity index (χ4v) is 9.63. The van der Waals surface area contributed by atoms with Gasteiger partial charge in [0.05, 0.1) is 35.2 Å². The number of nitrogens with one attached hydrogen (secondary N) is 2. The molecule has 3 aromatic carbocycles. The second-order valence-corrected chi connectivity index (χ2v) is 18.9. The summed E-state index contributed by atoms with van der Waals surface area (Å²) in [6, 6.07) is 16.9. The highest BCUT2D eigenvalue weighted by molar-refractivity contribution is 6.01. The number of primary amides is 1. The van der Waals surface area contributed by atoms with E-state index in [4.69, 9.17) is 41.4 Å². The number of ketones is 3. The number of likely N-dealkylation sites (N-methyl/N-ethyl adjacent to an activating group) is 1. The minimum atomic E-state index is -1.30. The van der Waals surface area contributed by atoms with Crippen LogP contribution in [-0.4, -0.2) is 102 Å². The highest BCUT2D eigenvalue weighted by Crippen LogP contribution is 2.41. The second-order valence-electron chi connectivity index (χ2n) is 18.9. The molecule has 18 nitrogen and oxygen atoms in total. The average Bonchev–Trinajstić information content (AvgIpc) is 3.37. The monoisotopic (exact) mass is 1000 g/mol. The number of aryl methyl sites for hydroxylation is 2. The lowest BCUT2D eigenvalue weighted by Crippen LogP contribution is -2.45. The highest BCUT2D eigenvalue weighted by atomic mass is 16.5. The van der Waals surface area contributed by atoms with Gasteiger partial charge in [-0.3, -0.25) is 24.0 Å². The van der Waals surface area contributed by atoms with Crippen LogP contribution in [0.2, 0.25) is 0 Å². The Balaban J connectivity index is 1.37. The average molecular weight is 1000 g/mol. The number of amides is 4. The van der Waals surface area contributed by atoms with E-state index in [2.05, 4.69) is 10.6 Å². The van der Waals surface area contributed by atoms with E-state index in [0.717, 1.165) is 37.0 Å². The van der Waals surface area contributed by atoms with Gasteiger partial charge in [0.1, 0.15) is 36.5 Å². The SMILES string of the molecule is Cc1nc(-c2ccc(OC3CCCCC3)cc2)nc(C)c1C(=O)C[C@@H](CCCNC(N)=O)C(=O)N(C)[C@@H]1C(=O)C[C@@H](C)C(=O)N[C@H](C(=O)CCC#N)Cc2ccc(OCCN)c(c2)-c2cc1ccc2OCCN. The third-order valence-corrected chi connectivity index (χ3v) is 13.4. The van der Waals surface area contributed by atoms with E-state index in [1.54, 1.807) is 51.1 Å². The van der Waals surface area contributed by atoms with E-state index < -0.39 is 47.5 Å². The number of hydrogen-bond donors (Lipinski definition) is 5. The fraction of sp³-hybridized carbons (Fsp3) is 0.473. The van der Waals surface area contributed by atoms with Gasteiger partial charge in [-0.1, -0.05) is 25.5 Å². The first kappa shape index (κ1) is 55.1. The maximum atomic E-state index is 15.1. The van der Waals surface area contributed by atoms with Crippen LogP contribution >= 0.6 is 0 Å². The Morgan fingerprint density at radius 1 is 0.890 bits per heavy atom. The van der Waals surface area contributed by atoms with Crippen molar-refractivity contribution in [2.75, 3.05) is 39.9 Å². The number of rotatable bonds is 21. The number of aromatic nitrogens is 2. The molecule has 0 saturated heterocycles. The van der Waals surface area contributed by atoms with E-state index in [-0.39, 0.29) is 101 Å². The topological polar surface area (TPSA) is 285 Å². The number of nitriles is 1. The zero-order valence-corrected chi connectivity index (χ0v) is 42.4. The lowest BCUT2D eigenvalue weighted by Gasteiger charge is -2.32. The summed E-state index contributed by atoms with van der Waals surface area (Å²) >= 11 is 0. The minimum Gasteiger partial charge on any atom is -0.492 e. The van der Waals surface area contributed by atoms with Crippen molar-refractivity contribution >= 4 is 35.2 Å². The zero-order valence-electron chi connectivity index (χ0n) is 42.4. The minimum absolute atomic E-state index is 0.0494. The summed E-state index contributed by atoms with van der Waals surface area (Å²) in [4.78, 5) is 94.5. The number of ether oxygens (including phenoxy) is 3. The Bertz CT molecular complexity index is 2640. The summed E-state index contributed by atoms with van der Waals surface area (Å²) in [5.74, 6) is -2.31. The molecular weight excluding hydrogens is 931 g/mol. The van der Waals surface area contributed by atoms with Gasteiger partial charge in [0.15, 0.2) is 23.2 Å². The van der Waals surface area contributed by atoms with Crippen molar-refractivity contribution in [2.45, 2.75) is 116 Å². The molecule has 0 radical (unpaired) electrons. The van der Waals surface area contributed by atoms with Crippen LogP contribution in [0.4, 0.5) is 4.79 Å². The molecule has 73 heavy (non-hydrogen) atoms. The molecule has 4 bridgehead atoms. The summed E-state index contributed by atoms with van der Waals surface area (Å²) in [6.07, 6.45) is 5.48. The van der Waals surface area contributed by atoms with Crippen molar-refractivity contribution in [2.24, 2.45) is 29.0 Å². The Labute approximate surface area is 427 Å². The van der Waals surface area contributed by atoms with Gasteiger partial charge in [-0.25, -0.2) is 14.8 Å². The van der Waals surface area contributed by atoms with Crippen molar-refractivity contribution in [3.05, 3.63) is 88.7 Å². The van der Waals surface area contributed by atoms with Crippen LogP contribution in [0.1, 0.15) is 116 Å². The van der Waals surface area contributed by atoms with Gasteiger partial charge in [-0.05, 0) is 118 Å². The van der Waals surface area contributed by atoms with Gasteiger partial charge >= 0.3 is 6.03 Å². The lowest BCUT2D eigenvalue weighted by molar-refractivity contribution is -0.142. The quantitative estimate of drug-likeness (QED) is 0.0462. The third kappa shape index (κ3) is 14.7. The molecular formula is C55H69N9O9. The molecule has 1 aliphatic carbocycles. The highest BCUT2D eigenvalue weighted by Gasteiger charge is 2.37. The Morgan fingerprint density at radius 2 is 1.53 bits per heavy atom. The molecule has 8 N–H and O–H groups in total. The first-order valence-corrected chi connectivity index (χ1v) is 25.2. The molecule has 1 saturated carbocycles. The van der Waals surface area contributed by atoms with Gasteiger partial charge < -0.3 is 46.9 Å². The molecule has 4 amide bonds. The number of benzene rings is 3. The number of nitrogens with zero attached hydrogens (tertiary/aromatic N) is 4. The number of hydrogen-bond acceptors (Lipinski definition) is 14. The number of fused-ring (bicyclic) bond motifs is 5. The van der Waals surface area contributed by atoms with Gasteiger partial charge in [0, 0.05) is 80.9 Å². The third-order valence-electron chi connectivity index (χ3n) is 13.4. The van der Waals surface area contributed by atoms with Crippen LogP contribution in [0, 0.1) is 37.0 Å². The predicted molar refractivity (Wildman–Crippen MR) is 274 cm³/mol. The molecule has 0 unspecified atom stereocenters. The Hall–Kier alpha value is -7.23.